The summed E-state index contributed by atoms with van der Waals surface area (Å²) in [5.41, 5.74) is -0.152. The molecule has 2 unspecified atom stereocenters. The summed E-state index contributed by atoms with van der Waals surface area (Å²) in [5, 5.41) is 19.5. The summed E-state index contributed by atoms with van der Waals surface area (Å²) in [6.07, 6.45) is 2.87. The van der Waals surface area contributed by atoms with Crippen molar-refractivity contribution in [3.8, 4) is 5.69 Å². The van der Waals surface area contributed by atoms with Crippen LogP contribution in [0, 0.1) is 11.7 Å². The fourth-order valence-corrected chi connectivity index (χ4v) is 5.05. The molecule has 2 aromatic carbocycles. The van der Waals surface area contributed by atoms with Gasteiger partial charge in [-0.1, -0.05) is 56.1 Å². The standard InChI is InChI=1S/C25H25Br2FN4O3/c1-16(12-22(33)17-4-2-5-18(26)13-17)24(34)31-10-3-8-25(35,9-11-31)23-15-32(30-29-23)21-7-6-19(27)14-20(21)28/h2,4-7,13-16,35H,3,8-12H2,1H3. The van der Waals surface area contributed by atoms with Gasteiger partial charge in [0.05, 0.1) is 6.20 Å². The molecule has 1 aromatic heterocycles. The van der Waals surface area contributed by atoms with Gasteiger partial charge in [0.1, 0.15) is 22.8 Å². The number of aliphatic hydroxyl groups is 1. The number of aromatic nitrogens is 3. The van der Waals surface area contributed by atoms with E-state index in [9.17, 15) is 19.1 Å². The molecular formula is C25H25Br2FN4O3. The van der Waals surface area contributed by atoms with Crippen molar-refractivity contribution in [2.75, 3.05) is 13.1 Å². The summed E-state index contributed by atoms with van der Waals surface area (Å²) in [7, 11) is 0. The lowest BCUT2D eigenvalue weighted by atomic mass is 9.92. The molecule has 3 aromatic rings. The highest BCUT2D eigenvalue weighted by atomic mass is 79.9. The van der Waals surface area contributed by atoms with E-state index in [-0.39, 0.29) is 30.2 Å². The minimum absolute atomic E-state index is 0.0877. The van der Waals surface area contributed by atoms with Crippen LogP contribution in [0.2, 0.25) is 0 Å². The van der Waals surface area contributed by atoms with Gasteiger partial charge in [-0.05, 0) is 49.6 Å². The van der Waals surface area contributed by atoms with Gasteiger partial charge in [0.2, 0.25) is 5.91 Å². The topological polar surface area (TPSA) is 88.3 Å². The van der Waals surface area contributed by atoms with Gasteiger partial charge in [-0.3, -0.25) is 9.59 Å². The second-order valence-corrected chi connectivity index (χ2v) is 10.7. The van der Waals surface area contributed by atoms with Crippen LogP contribution in [0.25, 0.3) is 5.69 Å². The highest BCUT2D eigenvalue weighted by molar-refractivity contribution is 9.10. The first-order valence-electron chi connectivity index (χ1n) is 11.3. The third kappa shape index (κ3) is 5.87. The van der Waals surface area contributed by atoms with Crippen LogP contribution in [0.5, 0.6) is 0 Å². The molecule has 1 amide bonds. The molecule has 0 spiro atoms. The van der Waals surface area contributed by atoms with Gasteiger partial charge in [0.25, 0.3) is 0 Å². The lowest BCUT2D eigenvalue weighted by Gasteiger charge is -2.26. The van der Waals surface area contributed by atoms with Crippen LogP contribution in [0.15, 0.2) is 57.6 Å². The van der Waals surface area contributed by atoms with Crippen molar-refractivity contribution in [3.05, 3.63) is 74.7 Å². The van der Waals surface area contributed by atoms with E-state index in [4.69, 9.17) is 0 Å². The smallest absolute Gasteiger partial charge is 0.225 e. The zero-order valence-corrected chi connectivity index (χ0v) is 22.3. The maximum absolute atomic E-state index is 14.3. The number of hydrogen-bond donors (Lipinski definition) is 1. The minimum atomic E-state index is -1.28. The van der Waals surface area contributed by atoms with Crippen molar-refractivity contribution >= 4 is 43.6 Å². The predicted molar refractivity (Wildman–Crippen MR) is 136 cm³/mol. The number of halogens is 3. The van der Waals surface area contributed by atoms with Crippen LogP contribution in [-0.4, -0.2) is 49.8 Å². The lowest BCUT2D eigenvalue weighted by molar-refractivity contribution is -0.135. The molecule has 35 heavy (non-hydrogen) atoms. The monoisotopic (exact) mass is 606 g/mol. The zero-order chi connectivity index (χ0) is 25.2. The van der Waals surface area contributed by atoms with Gasteiger partial charge in [-0.15, -0.1) is 5.10 Å². The van der Waals surface area contributed by atoms with Gasteiger partial charge in [0.15, 0.2) is 5.78 Å². The molecule has 2 atom stereocenters. The first-order chi connectivity index (χ1) is 16.7. The molecule has 1 saturated heterocycles. The van der Waals surface area contributed by atoms with Gasteiger partial charge >= 0.3 is 0 Å². The Labute approximate surface area is 219 Å². The molecule has 0 saturated carbocycles. The van der Waals surface area contributed by atoms with Gasteiger partial charge in [0, 0.05) is 39.9 Å². The van der Waals surface area contributed by atoms with Crippen LogP contribution in [0.4, 0.5) is 4.39 Å². The van der Waals surface area contributed by atoms with Crippen molar-refractivity contribution in [2.24, 2.45) is 5.92 Å². The number of carbonyl (C=O) groups is 2. The second kappa shape index (κ2) is 10.7. The van der Waals surface area contributed by atoms with E-state index in [0.29, 0.717) is 41.7 Å². The Bertz CT molecular complexity index is 1250. The van der Waals surface area contributed by atoms with Crippen molar-refractivity contribution in [1.29, 1.82) is 0 Å². The van der Waals surface area contributed by atoms with Crippen LogP contribution >= 0.6 is 31.9 Å². The number of Topliss-reactive ketones (excluding diaryl/α,β-unsaturated/α-hetero) is 1. The highest BCUT2D eigenvalue weighted by Gasteiger charge is 2.36. The van der Waals surface area contributed by atoms with E-state index in [1.54, 1.807) is 42.2 Å². The molecule has 2 heterocycles. The molecule has 1 N–H and O–H groups in total. The molecule has 10 heteroatoms. The van der Waals surface area contributed by atoms with E-state index in [0.717, 1.165) is 4.47 Å². The molecule has 1 fully saturated rings. The van der Waals surface area contributed by atoms with Gasteiger partial charge in [-0.25, -0.2) is 9.07 Å². The van der Waals surface area contributed by atoms with Crippen LogP contribution in [0.3, 0.4) is 0 Å². The third-order valence-corrected chi connectivity index (χ3v) is 7.30. The predicted octanol–water partition coefficient (Wildman–Crippen LogP) is 5.04. The van der Waals surface area contributed by atoms with Crippen molar-refractivity contribution < 1.29 is 19.1 Å². The quantitative estimate of drug-likeness (QED) is 0.397. The van der Waals surface area contributed by atoms with Crippen LogP contribution in [-0.2, 0) is 10.4 Å². The largest absolute Gasteiger partial charge is 0.383 e. The Hall–Kier alpha value is -2.43. The molecule has 1 aliphatic heterocycles. The maximum Gasteiger partial charge on any atom is 0.225 e. The summed E-state index contributed by atoms with van der Waals surface area (Å²) < 4.78 is 17.1. The molecule has 1 aliphatic rings. The molecule has 184 valence electrons. The highest BCUT2D eigenvalue weighted by Crippen LogP contribution is 2.32. The minimum Gasteiger partial charge on any atom is -0.383 e. The van der Waals surface area contributed by atoms with Crippen LogP contribution in [0.1, 0.15) is 48.7 Å². The van der Waals surface area contributed by atoms with E-state index in [1.165, 1.54) is 16.9 Å². The number of likely N-dealkylation sites (tertiary alicyclic amines) is 1. The Morgan fingerprint density at radius 2 is 1.91 bits per heavy atom. The Balaban J connectivity index is 1.41. The average molecular weight is 608 g/mol. The SMILES string of the molecule is CC(CC(=O)c1cccc(Br)c1)C(=O)N1CCCC(O)(c2cn(-c3ccc(Br)cc3F)nn2)CC1. The number of ketones is 1. The normalized spacial score (nSPS) is 19.3. The average Bonchev–Trinajstić information content (AvgIpc) is 3.23. The van der Waals surface area contributed by atoms with E-state index in [2.05, 4.69) is 42.2 Å². The first-order valence-corrected chi connectivity index (χ1v) is 12.9. The molecule has 0 bridgehead atoms. The lowest BCUT2D eigenvalue weighted by Crippen LogP contribution is -2.37. The summed E-state index contributed by atoms with van der Waals surface area (Å²) in [5.74, 6) is -1.14. The molecular weight excluding hydrogens is 583 g/mol. The fraction of sp³-hybridized carbons (Fsp3) is 0.360. The van der Waals surface area contributed by atoms with Gasteiger partial charge < -0.3 is 10.0 Å². The Morgan fingerprint density at radius 3 is 2.66 bits per heavy atom. The van der Waals surface area contributed by atoms with E-state index >= 15 is 0 Å². The maximum atomic E-state index is 14.3. The number of rotatable bonds is 6. The number of amides is 1. The van der Waals surface area contributed by atoms with Crippen molar-refractivity contribution in [3.63, 3.8) is 0 Å². The fourth-order valence-electron chi connectivity index (χ4n) is 4.31. The van der Waals surface area contributed by atoms with Crippen LogP contribution < -0.4 is 0 Å². The zero-order valence-electron chi connectivity index (χ0n) is 19.1. The molecule has 4 rings (SSSR count). The van der Waals surface area contributed by atoms with Crippen molar-refractivity contribution in [1.82, 2.24) is 19.9 Å². The van der Waals surface area contributed by atoms with Gasteiger partial charge in [-0.2, -0.15) is 0 Å². The Morgan fingerprint density at radius 1 is 1.14 bits per heavy atom. The first kappa shape index (κ1) is 25.7. The summed E-state index contributed by atoms with van der Waals surface area (Å²) in [6, 6.07) is 11.7. The number of carbonyl (C=O) groups excluding carboxylic acids is 2. The number of hydrogen-bond acceptors (Lipinski definition) is 5. The van der Waals surface area contributed by atoms with E-state index in [1.807, 2.05) is 6.07 Å². The summed E-state index contributed by atoms with van der Waals surface area (Å²) in [4.78, 5) is 27.4. The summed E-state index contributed by atoms with van der Waals surface area (Å²) in [6.45, 7) is 2.56. The van der Waals surface area contributed by atoms with Crippen molar-refractivity contribution in [2.45, 2.75) is 38.2 Å². The number of nitrogens with zero attached hydrogens (tertiary/aromatic N) is 4. The number of benzene rings is 2. The summed E-state index contributed by atoms with van der Waals surface area (Å²) >= 11 is 6.60. The molecule has 0 aliphatic carbocycles. The third-order valence-electron chi connectivity index (χ3n) is 6.31. The molecule has 7 nitrogen and oxygen atoms in total. The molecule has 0 radical (unpaired) electrons. The van der Waals surface area contributed by atoms with E-state index < -0.39 is 17.3 Å². The second-order valence-electron chi connectivity index (χ2n) is 8.89. The Kier molecular flexibility index (Phi) is 7.83.